The Kier molecular flexibility index (Phi) is 5.21. The monoisotopic (exact) mass is 228 g/mol. The van der Waals surface area contributed by atoms with Gasteiger partial charge in [-0.3, -0.25) is 5.01 Å². The van der Waals surface area contributed by atoms with Crippen LogP contribution in [0.5, 0.6) is 0 Å². The smallest absolute Gasteiger partial charge is 0.159 e. The van der Waals surface area contributed by atoms with E-state index < -0.39 is 0 Å². The molecule has 0 aliphatic carbocycles. The third kappa shape index (κ3) is 4.09. The van der Waals surface area contributed by atoms with E-state index in [0.717, 1.165) is 19.5 Å². The van der Waals surface area contributed by atoms with Crippen molar-refractivity contribution < 1.29 is 5.01 Å². The molecule has 1 aliphatic rings. The summed E-state index contributed by atoms with van der Waals surface area (Å²) < 4.78 is 0. The van der Waals surface area contributed by atoms with Crippen LogP contribution in [0.2, 0.25) is 0 Å². The molecule has 2 unspecified atom stereocenters. The van der Waals surface area contributed by atoms with E-state index >= 15 is 0 Å². The largest absolute Gasteiger partial charge is 0.317 e. The summed E-state index contributed by atoms with van der Waals surface area (Å²) in [6.07, 6.45) is 3.36. The van der Waals surface area contributed by atoms with E-state index in [1.54, 1.807) is 0 Å². The summed E-state index contributed by atoms with van der Waals surface area (Å²) in [6.45, 7) is 4.24. The van der Waals surface area contributed by atoms with Crippen LogP contribution in [0, 0.1) is 0 Å². The number of nitrogens with one attached hydrogen (secondary N) is 3. The molecule has 0 aromatic carbocycles. The van der Waals surface area contributed by atoms with E-state index in [0.29, 0.717) is 6.04 Å². The molecule has 16 heavy (non-hydrogen) atoms. The molecule has 3 N–H and O–H groups in total. The van der Waals surface area contributed by atoms with Gasteiger partial charge in [0.2, 0.25) is 0 Å². The Morgan fingerprint density at radius 1 is 1.56 bits per heavy atom. The number of likely N-dealkylation sites (N-methyl/N-ethyl adjacent to an activating group) is 2. The number of hydrogen-bond acceptors (Lipinski definition) is 4. The van der Waals surface area contributed by atoms with Gasteiger partial charge >= 0.3 is 0 Å². The summed E-state index contributed by atoms with van der Waals surface area (Å²) in [7, 11) is 8.34. The second kappa shape index (κ2) is 6.20. The summed E-state index contributed by atoms with van der Waals surface area (Å²) in [5, 5.41) is 6.71. The average molecular weight is 228 g/mol. The highest BCUT2D eigenvalue weighted by molar-refractivity contribution is 4.94. The molecule has 0 aromatic heterocycles. The third-order valence-corrected chi connectivity index (χ3v) is 2.89. The maximum Gasteiger partial charge on any atom is 0.159 e. The van der Waals surface area contributed by atoms with E-state index in [1.807, 2.05) is 7.05 Å². The van der Waals surface area contributed by atoms with Gasteiger partial charge < -0.3 is 10.2 Å². The standard InChI is InChI=1S/C11H25N5/c1-10(12-2)6-7-16-9-11(8-14(3)4)15(5)13-16/h9-10,12-13H,6-8H2,1-5H3/p+1. The molecule has 0 bridgehead atoms. The van der Waals surface area contributed by atoms with Gasteiger partial charge in [0.25, 0.3) is 0 Å². The van der Waals surface area contributed by atoms with Crippen molar-refractivity contribution in [2.45, 2.75) is 19.4 Å². The normalized spacial score (nSPS) is 22.8. The van der Waals surface area contributed by atoms with Crippen molar-refractivity contribution in [3.05, 3.63) is 11.9 Å². The van der Waals surface area contributed by atoms with Gasteiger partial charge in [0.1, 0.15) is 0 Å². The van der Waals surface area contributed by atoms with Crippen molar-refractivity contribution in [2.75, 3.05) is 41.3 Å². The predicted octanol–water partition coefficient (Wildman–Crippen LogP) is -1.36. The minimum atomic E-state index is 0.563. The summed E-state index contributed by atoms with van der Waals surface area (Å²) in [5.74, 6) is 0. The van der Waals surface area contributed by atoms with Crippen LogP contribution >= 0.6 is 0 Å². The first-order chi connectivity index (χ1) is 7.52. The second-order valence-electron chi connectivity index (χ2n) is 4.80. The lowest BCUT2D eigenvalue weighted by atomic mass is 10.2. The SMILES string of the molecule is CNC(C)CCN1C=C(CN(C)C)[NH+](C)N1. The molecule has 2 atom stereocenters. The number of hydrogen-bond donors (Lipinski definition) is 3. The highest BCUT2D eigenvalue weighted by Gasteiger charge is 2.22. The number of nitrogens with zero attached hydrogens (tertiary/aromatic N) is 2. The first kappa shape index (κ1) is 13.4. The molecule has 0 radical (unpaired) electrons. The van der Waals surface area contributed by atoms with Gasteiger partial charge in [-0.15, -0.1) is 0 Å². The van der Waals surface area contributed by atoms with Crippen LogP contribution in [0.4, 0.5) is 0 Å². The molecule has 5 nitrogen and oxygen atoms in total. The molecule has 1 heterocycles. The Morgan fingerprint density at radius 2 is 2.25 bits per heavy atom. The second-order valence-corrected chi connectivity index (χ2v) is 4.80. The Bertz CT molecular complexity index is 239. The van der Waals surface area contributed by atoms with E-state index in [4.69, 9.17) is 0 Å². The van der Waals surface area contributed by atoms with Gasteiger partial charge in [0.15, 0.2) is 5.70 Å². The van der Waals surface area contributed by atoms with E-state index in [9.17, 15) is 0 Å². The van der Waals surface area contributed by atoms with Crippen molar-refractivity contribution in [3.63, 3.8) is 0 Å². The van der Waals surface area contributed by atoms with Gasteiger partial charge in [0, 0.05) is 12.6 Å². The van der Waals surface area contributed by atoms with E-state index in [1.165, 1.54) is 10.7 Å². The fraction of sp³-hybridized carbons (Fsp3) is 0.818. The minimum Gasteiger partial charge on any atom is -0.317 e. The maximum atomic E-state index is 3.39. The molecule has 0 spiro atoms. The molecule has 0 amide bonds. The Hall–Kier alpha value is -0.620. The lowest BCUT2D eigenvalue weighted by Crippen LogP contribution is -3.13. The minimum absolute atomic E-state index is 0.563. The molecular weight excluding hydrogens is 202 g/mol. The molecule has 0 saturated carbocycles. The van der Waals surface area contributed by atoms with E-state index in [2.05, 4.69) is 55.0 Å². The first-order valence-corrected chi connectivity index (χ1v) is 5.93. The molecular formula is C11H26N5+. The quantitative estimate of drug-likeness (QED) is 0.525. The van der Waals surface area contributed by atoms with Crippen molar-refractivity contribution >= 4 is 0 Å². The van der Waals surface area contributed by atoms with Crippen LogP contribution in [0.1, 0.15) is 13.3 Å². The summed E-state index contributed by atoms with van der Waals surface area (Å²) in [5.41, 5.74) is 4.77. The Balaban J connectivity index is 2.38. The average Bonchev–Trinajstić information content (AvgIpc) is 2.55. The zero-order chi connectivity index (χ0) is 12.1. The van der Waals surface area contributed by atoms with Gasteiger partial charge in [-0.2, -0.15) is 0 Å². The lowest BCUT2D eigenvalue weighted by molar-refractivity contribution is -0.894. The van der Waals surface area contributed by atoms with Crippen LogP contribution in [-0.2, 0) is 0 Å². The fourth-order valence-corrected chi connectivity index (χ4v) is 1.70. The maximum absolute atomic E-state index is 3.39. The summed E-state index contributed by atoms with van der Waals surface area (Å²) in [6, 6.07) is 0.563. The van der Waals surface area contributed by atoms with Crippen molar-refractivity contribution in [3.8, 4) is 0 Å². The van der Waals surface area contributed by atoms with Gasteiger partial charge in [0.05, 0.1) is 19.8 Å². The first-order valence-electron chi connectivity index (χ1n) is 5.93. The van der Waals surface area contributed by atoms with Crippen molar-refractivity contribution in [2.24, 2.45) is 0 Å². The Morgan fingerprint density at radius 3 is 2.81 bits per heavy atom. The number of quaternary nitrogens is 1. The fourth-order valence-electron chi connectivity index (χ4n) is 1.70. The molecule has 0 fully saturated rings. The highest BCUT2D eigenvalue weighted by Crippen LogP contribution is 1.99. The summed E-state index contributed by atoms with van der Waals surface area (Å²) >= 11 is 0. The zero-order valence-electron chi connectivity index (χ0n) is 11.2. The number of hydrazine groups is 1. The van der Waals surface area contributed by atoms with Crippen molar-refractivity contribution in [1.29, 1.82) is 0 Å². The highest BCUT2D eigenvalue weighted by atomic mass is 15.8. The van der Waals surface area contributed by atoms with Crippen LogP contribution in [-0.4, -0.2) is 57.2 Å². The van der Waals surface area contributed by atoms with Gasteiger partial charge in [-0.05, 0) is 34.5 Å². The number of rotatable bonds is 6. The van der Waals surface area contributed by atoms with Gasteiger partial charge in [-0.1, -0.05) is 5.53 Å². The molecule has 0 aromatic rings. The van der Waals surface area contributed by atoms with Crippen molar-refractivity contribution in [1.82, 2.24) is 20.8 Å². The molecule has 94 valence electrons. The third-order valence-electron chi connectivity index (χ3n) is 2.89. The predicted molar refractivity (Wildman–Crippen MR) is 66.5 cm³/mol. The molecule has 1 aliphatic heterocycles. The molecule has 5 heteroatoms. The van der Waals surface area contributed by atoms with Crippen LogP contribution < -0.4 is 15.9 Å². The summed E-state index contributed by atoms with van der Waals surface area (Å²) in [4.78, 5) is 2.19. The topological polar surface area (TPSA) is 35.0 Å². The molecule has 0 saturated heterocycles. The molecule has 1 rings (SSSR count). The van der Waals surface area contributed by atoms with Crippen LogP contribution in [0.25, 0.3) is 0 Å². The van der Waals surface area contributed by atoms with E-state index in [-0.39, 0.29) is 0 Å². The van der Waals surface area contributed by atoms with Gasteiger partial charge in [-0.25, -0.2) is 5.01 Å². The Labute approximate surface area is 99.0 Å². The van der Waals surface area contributed by atoms with Crippen LogP contribution in [0.3, 0.4) is 0 Å². The zero-order valence-corrected chi connectivity index (χ0v) is 11.2. The lowest BCUT2D eigenvalue weighted by Gasteiger charge is -2.18. The van der Waals surface area contributed by atoms with Crippen LogP contribution in [0.15, 0.2) is 11.9 Å².